The lowest BCUT2D eigenvalue weighted by Gasteiger charge is -2.14. The van der Waals surface area contributed by atoms with Crippen molar-refractivity contribution in [3.8, 4) is 34.8 Å². The Morgan fingerprint density at radius 2 is 1.18 bits per heavy atom. The predicted molar refractivity (Wildman–Crippen MR) is 103 cm³/mol. The first-order valence-corrected chi connectivity index (χ1v) is 8.58. The zero-order valence-corrected chi connectivity index (χ0v) is 15.1. The summed E-state index contributed by atoms with van der Waals surface area (Å²) in [6.45, 7) is 1.60. The van der Waals surface area contributed by atoms with E-state index in [0.717, 1.165) is 11.1 Å². The highest BCUT2D eigenvalue weighted by molar-refractivity contribution is 5.77. The topological polar surface area (TPSA) is 83.1 Å². The van der Waals surface area contributed by atoms with Crippen LogP contribution in [0, 0.1) is 22.7 Å². The molecule has 0 aliphatic rings. The Hall–Kier alpha value is -4.09. The lowest BCUT2D eigenvalue weighted by atomic mass is 10.0. The number of esters is 1. The van der Waals surface area contributed by atoms with E-state index < -0.39 is 12.1 Å². The van der Waals surface area contributed by atoms with Crippen molar-refractivity contribution in [1.29, 1.82) is 10.5 Å². The third-order valence-corrected chi connectivity index (χ3v) is 4.05. The van der Waals surface area contributed by atoms with Gasteiger partial charge in [0.2, 0.25) is 0 Å². The lowest BCUT2D eigenvalue weighted by molar-refractivity contribution is -0.141. The lowest BCUT2D eigenvalue weighted by Crippen LogP contribution is -2.28. The first-order chi connectivity index (χ1) is 13.6. The summed E-state index contributed by atoms with van der Waals surface area (Å²) in [5, 5.41) is 17.7. The molecule has 0 bridgehead atoms. The number of carbonyl (C=O) groups is 1. The average Bonchev–Trinajstić information content (AvgIpc) is 2.75. The maximum atomic E-state index is 12.2. The Morgan fingerprint density at radius 1 is 0.750 bits per heavy atom. The molecule has 1 atom stereocenters. The Balaban J connectivity index is 1.61. The summed E-state index contributed by atoms with van der Waals surface area (Å²) in [5.41, 5.74) is 3.04. The summed E-state index contributed by atoms with van der Waals surface area (Å²) in [6, 6.07) is 25.0. The van der Waals surface area contributed by atoms with E-state index in [1.807, 2.05) is 30.3 Å². The van der Waals surface area contributed by atoms with Crippen LogP contribution in [0.5, 0.6) is 11.5 Å². The highest BCUT2D eigenvalue weighted by Crippen LogP contribution is 2.23. The summed E-state index contributed by atoms with van der Waals surface area (Å²) in [7, 11) is 0. The van der Waals surface area contributed by atoms with E-state index in [9.17, 15) is 4.79 Å². The van der Waals surface area contributed by atoms with Crippen LogP contribution in [-0.4, -0.2) is 12.1 Å². The molecule has 0 aromatic heterocycles. The molecule has 0 saturated carbocycles. The normalized spacial score (nSPS) is 11.0. The molecule has 0 heterocycles. The van der Waals surface area contributed by atoms with E-state index in [-0.39, 0.29) is 0 Å². The first kappa shape index (κ1) is 18.7. The van der Waals surface area contributed by atoms with Crippen LogP contribution in [0.25, 0.3) is 11.1 Å². The zero-order chi connectivity index (χ0) is 19.9. The van der Waals surface area contributed by atoms with Gasteiger partial charge < -0.3 is 9.47 Å². The standard InChI is InChI=1S/C23H16N2O3/c1-16(27-21-10-4-18(15-25)5-11-21)23(26)28-22-12-8-20(9-13-22)19-6-2-17(14-24)3-7-19/h2-13,16H,1H3. The molecule has 0 amide bonds. The van der Waals surface area contributed by atoms with Crippen molar-refractivity contribution in [2.75, 3.05) is 0 Å². The zero-order valence-electron chi connectivity index (χ0n) is 15.1. The quantitative estimate of drug-likeness (QED) is 0.490. The minimum atomic E-state index is -0.800. The van der Waals surface area contributed by atoms with Crippen molar-refractivity contribution in [2.45, 2.75) is 13.0 Å². The molecule has 0 saturated heterocycles. The third kappa shape index (κ3) is 4.55. The fourth-order valence-corrected chi connectivity index (χ4v) is 2.51. The smallest absolute Gasteiger partial charge is 0.352 e. The number of ether oxygens (including phenoxy) is 2. The molecular weight excluding hydrogens is 352 g/mol. The fraction of sp³-hybridized carbons (Fsp3) is 0.0870. The van der Waals surface area contributed by atoms with E-state index in [0.29, 0.717) is 22.6 Å². The van der Waals surface area contributed by atoms with E-state index in [1.165, 1.54) is 0 Å². The van der Waals surface area contributed by atoms with Crippen LogP contribution < -0.4 is 9.47 Å². The van der Waals surface area contributed by atoms with Gasteiger partial charge in [-0.05, 0) is 66.6 Å². The number of hydrogen-bond acceptors (Lipinski definition) is 5. The maximum Gasteiger partial charge on any atom is 0.352 e. The first-order valence-electron chi connectivity index (χ1n) is 8.58. The molecule has 0 aliphatic heterocycles. The summed E-state index contributed by atoms with van der Waals surface area (Å²) >= 11 is 0. The molecule has 0 spiro atoms. The van der Waals surface area contributed by atoms with Crippen LogP contribution in [0.2, 0.25) is 0 Å². The second kappa shape index (κ2) is 8.53. The van der Waals surface area contributed by atoms with Crippen LogP contribution in [-0.2, 0) is 4.79 Å². The summed E-state index contributed by atoms with van der Waals surface area (Å²) < 4.78 is 10.9. The van der Waals surface area contributed by atoms with Crippen LogP contribution in [0.3, 0.4) is 0 Å². The third-order valence-electron chi connectivity index (χ3n) is 4.05. The van der Waals surface area contributed by atoms with Gasteiger partial charge in [0.25, 0.3) is 0 Å². The molecule has 28 heavy (non-hydrogen) atoms. The monoisotopic (exact) mass is 368 g/mol. The molecule has 0 fully saturated rings. The van der Waals surface area contributed by atoms with Gasteiger partial charge in [-0.25, -0.2) is 4.79 Å². The van der Waals surface area contributed by atoms with Crippen molar-refractivity contribution in [1.82, 2.24) is 0 Å². The Morgan fingerprint density at radius 3 is 1.68 bits per heavy atom. The largest absolute Gasteiger partial charge is 0.479 e. The van der Waals surface area contributed by atoms with Crippen LogP contribution in [0.15, 0.2) is 72.8 Å². The molecule has 0 aliphatic carbocycles. The molecule has 0 N–H and O–H groups in total. The van der Waals surface area contributed by atoms with Gasteiger partial charge in [0.1, 0.15) is 11.5 Å². The maximum absolute atomic E-state index is 12.2. The number of hydrogen-bond donors (Lipinski definition) is 0. The van der Waals surface area contributed by atoms with Crippen molar-refractivity contribution >= 4 is 5.97 Å². The van der Waals surface area contributed by atoms with Gasteiger partial charge in [-0.15, -0.1) is 0 Å². The molecule has 5 nitrogen and oxygen atoms in total. The highest BCUT2D eigenvalue weighted by Gasteiger charge is 2.17. The van der Waals surface area contributed by atoms with Crippen molar-refractivity contribution in [2.24, 2.45) is 0 Å². The molecule has 136 valence electrons. The molecule has 3 aromatic rings. The Bertz CT molecular complexity index is 1040. The summed E-state index contributed by atoms with van der Waals surface area (Å²) in [5.74, 6) is 0.382. The summed E-state index contributed by atoms with van der Waals surface area (Å²) in [4.78, 5) is 12.2. The molecule has 3 aromatic carbocycles. The number of rotatable bonds is 5. The Labute approximate surface area is 163 Å². The number of nitrogens with zero attached hydrogens (tertiary/aromatic N) is 2. The molecule has 5 heteroatoms. The van der Waals surface area contributed by atoms with E-state index in [4.69, 9.17) is 20.0 Å². The van der Waals surface area contributed by atoms with Gasteiger partial charge in [-0.3, -0.25) is 0 Å². The molecule has 0 radical (unpaired) electrons. The van der Waals surface area contributed by atoms with Crippen molar-refractivity contribution in [3.05, 3.63) is 83.9 Å². The minimum Gasteiger partial charge on any atom is -0.479 e. The second-order valence-electron chi connectivity index (χ2n) is 6.03. The second-order valence-corrected chi connectivity index (χ2v) is 6.03. The van der Waals surface area contributed by atoms with Crippen LogP contribution in [0.1, 0.15) is 18.1 Å². The van der Waals surface area contributed by atoms with Crippen LogP contribution in [0.4, 0.5) is 0 Å². The van der Waals surface area contributed by atoms with Crippen molar-refractivity contribution < 1.29 is 14.3 Å². The Kier molecular flexibility index (Phi) is 5.69. The molecular formula is C23H16N2O3. The van der Waals surface area contributed by atoms with Gasteiger partial charge in [0, 0.05) is 0 Å². The summed E-state index contributed by atoms with van der Waals surface area (Å²) in [6.07, 6.45) is -0.800. The van der Waals surface area contributed by atoms with E-state index in [2.05, 4.69) is 6.07 Å². The minimum absolute atomic E-state index is 0.415. The van der Waals surface area contributed by atoms with Gasteiger partial charge in [-0.1, -0.05) is 24.3 Å². The molecule has 1 unspecified atom stereocenters. The highest BCUT2D eigenvalue weighted by atomic mass is 16.6. The molecule has 3 rings (SSSR count). The number of nitriles is 2. The van der Waals surface area contributed by atoms with Gasteiger partial charge in [-0.2, -0.15) is 10.5 Å². The predicted octanol–water partition coefficient (Wildman–Crippen LogP) is 4.47. The number of benzene rings is 3. The van der Waals surface area contributed by atoms with Gasteiger partial charge in [0.15, 0.2) is 6.10 Å². The van der Waals surface area contributed by atoms with E-state index in [1.54, 1.807) is 55.5 Å². The average molecular weight is 368 g/mol. The van der Waals surface area contributed by atoms with Gasteiger partial charge >= 0.3 is 5.97 Å². The SMILES string of the molecule is CC(Oc1ccc(C#N)cc1)C(=O)Oc1ccc(-c2ccc(C#N)cc2)cc1. The number of carbonyl (C=O) groups excluding carboxylic acids is 1. The van der Waals surface area contributed by atoms with E-state index >= 15 is 0 Å². The van der Waals surface area contributed by atoms with Crippen LogP contribution >= 0.6 is 0 Å². The fourth-order valence-electron chi connectivity index (χ4n) is 2.51. The van der Waals surface area contributed by atoms with Gasteiger partial charge in [0.05, 0.1) is 23.3 Å². The van der Waals surface area contributed by atoms with Crippen molar-refractivity contribution in [3.63, 3.8) is 0 Å².